The molecular formula is C11H14N4S. The molecule has 0 radical (unpaired) electrons. The first-order chi connectivity index (χ1) is 7.81. The molecule has 3 N–H and O–H groups in total. The number of benzene rings is 1. The zero-order valence-electron chi connectivity index (χ0n) is 9.10. The average Bonchev–Trinajstić information content (AvgIpc) is 2.78. The molecule has 0 fully saturated rings. The van der Waals surface area contributed by atoms with Gasteiger partial charge in [0.1, 0.15) is 5.82 Å². The molecule has 0 aliphatic rings. The van der Waals surface area contributed by atoms with E-state index in [1.54, 1.807) is 0 Å². The van der Waals surface area contributed by atoms with Gasteiger partial charge >= 0.3 is 0 Å². The van der Waals surface area contributed by atoms with Gasteiger partial charge in [0, 0.05) is 30.2 Å². The molecule has 16 heavy (non-hydrogen) atoms. The highest BCUT2D eigenvalue weighted by atomic mass is 32.1. The molecule has 0 saturated heterocycles. The topological polar surface area (TPSA) is 63.8 Å². The summed E-state index contributed by atoms with van der Waals surface area (Å²) in [7, 11) is 0. The van der Waals surface area contributed by atoms with Crippen LogP contribution in [0.5, 0.6) is 0 Å². The van der Waals surface area contributed by atoms with Crippen molar-refractivity contribution in [1.82, 2.24) is 9.36 Å². The van der Waals surface area contributed by atoms with E-state index < -0.39 is 0 Å². The number of nitrogens with zero attached hydrogens (tertiary/aromatic N) is 2. The van der Waals surface area contributed by atoms with E-state index in [0.29, 0.717) is 6.54 Å². The molecule has 1 aromatic heterocycles. The van der Waals surface area contributed by atoms with Crippen molar-refractivity contribution in [2.45, 2.75) is 19.9 Å². The second kappa shape index (κ2) is 5.05. The van der Waals surface area contributed by atoms with E-state index in [-0.39, 0.29) is 0 Å². The molecule has 5 heteroatoms. The Morgan fingerprint density at radius 2 is 2.06 bits per heavy atom. The van der Waals surface area contributed by atoms with E-state index >= 15 is 0 Å². The summed E-state index contributed by atoms with van der Waals surface area (Å²) in [5.41, 5.74) is 7.67. The first-order valence-electron chi connectivity index (χ1n) is 5.20. The minimum Gasteiger partial charge on any atom is -0.330 e. The third-order valence-electron chi connectivity index (χ3n) is 2.23. The molecule has 2 aromatic rings. The summed E-state index contributed by atoms with van der Waals surface area (Å²) >= 11 is 1.38. The van der Waals surface area contributed by atoms with Crippen LogP contribution >= 0.6 is 11.5 Å². The van der Waals surface area contributed by atoms with Crippen LogP contribution in [0.4, 0.5) is 10.8 Å². The zero-order chi connectivity index (χ0) is 11.4. The van der Waals surface area contributed by atoms with Gasteiger partial charge in [-0.2, -0.15) is 4.37 Å². The van der Waals surface area contributed by atoms with Gasteiger partial charge in [-0.3, -0.25) is 0 Å². The number of aryl methyl sites for hydroxylation is 1. The van der Waals surface area contributed by atoms with Crippen molar-refractivity contribution in [2.24, 2.45) is 5.73 Å². The molecule has 0 aliphatic carbocycles. The van der Waals surface area contributed by atoms with E-state index in [1.807, 2.05) is 31.2 Å². The summed E-state index contributed by atoms with van der Waals surface area (Å²) in [5, 5.41) is 4.04. The average molecular weight is 234 g/mol. The van der Waals surface area contributed by atoms with Crippen molar-refractivity contribution < 1.29 is 0 Å². The summed E-state index contributed by atoms with van der Waals surface area (Å²) in [6.07, 6.45) is 0.865. The maximum absolute atomic E-state index is 5.53. The van der Waals surface area contributed by atoms with Crippen LogP contribution in [0.3, 0.4) is 0 Å². The normalized spacial score (nSPS) is 10.4. The van der Waals surface area contributed by atoms with Crippen LogP contribution in [0.25, 0.3) is 0 Å². The van der Waals surface area contributed by atoms with Crippen LogP contribution in [-0.2, 0) is 13.0 Å². The number of rotatable bonds is 4. The van der Waals surface area contributed by atoms with Gasteiger partial charge in [-0.1, -0.05) is 19.1 Å². The Bertz CT molecular complexity index is 449. The van der Waals surface area contributed by atoms with E-state index in [2.05, 4.69) is 14.7 Å². The first kappa shape index (κ1) is 11.0. The molecule has 0 spiro atoms. The number of nitrogens with one attached hydrogen (secondary N) is 1. The van der Waals surface area contributed by atoms with Crippen LogP contribution in [-0.4, -0.2) is 9.36 Å². The van der Waals surface area contributed by atoms with Gasteiger partial charge in [0.15, 0.2) is 0 Å². The number of nitrogens with two attached hydrogens (primary N) is 1. The second-order valence-electron chi connectivity index (χ2n) is 3.40. The Kier molecular flexibility index (Phi) is 3.48. The van der Waals surface area contributed by atoms with E-state index in [4.69, 9.17) is 5.73 Å². The lowest BCUT2D eigenvalue weighted by molar-refractivity contribution is 1.00. The third kappa shape index (κ3) is 2.56. The summed E-state index contributed by atoms with van der Waals surface area (Å²) in [5.74, 6) is 0.881. The van der Waals surface area contributed by atoms with E-state index in [1.165, 1.54) is 11.5 Å². The lowest BCUT2D eigenvalue weighted by Crippen LogP contribution is -1.96. The van der Waals surface area contributed by atoms with Crippen molar-refractivity contribution in [1.29, 1.82) is 0 Å². The molecule has 0 atom stereocenters. The van der Waals surface area contributed by atoms with Gasteiger partial charge in [-0.05, 0) is 17.7 Å². The first-order valence-corrected chi connectivity index (χ1v) is 5.97. The van der Waals surface area contributed by atoms with E-state index in [9.17, 15) is 0 Å². The van der Waals surface area contributed by atoms with Gasteiger partial charge in [0.05, 0.1) is 0 Å². The highest BCUT2D eigenvalue weighted by Gasteiger charge is 2.01. The van der Waals surface area contributed by atoms with Gasteiger partial charge in [0.25, 0.3) is 0 Å². The Balaban J connectivity index is 2.08. The van der Waals surface area contributed by atoms with Crippen LogP contribution < -0.4 is 11.1 Å². The molecule has 2 rings (SSSR count). The fourth-order valence-corrected chi connectivity index (χ4v) is 1.97. The standard InChI is InChI=1S/C11H14N4S/c1-2-10-14-11(16-15-10)13-9-5-3-8(7-12)4-6-9/h3-6H,2,7,12H2,1H3,(H,13,14,15). The quantitative estimate of drug-likeness (QED) is 0.852. The summed E-state index contributed by atoms with van der Waals surface area (Å²) in [6.45, 7) is 2.61. The SMILES string of the molecule is CCc1nsc(Nc2ccc(CN)cc2)n1. The van der Waals surface area contributed by atoms with Gasteiger partial charge in [-0.25, -0.2) is 4.98 Å². The van der Waals surface area contributed by atoms with Gasteiger partial charge < -0.3 is 11.1 Å². The molecule has 0 saturated carbocycles. The van der Waals surface area contributed by atoms with Gasteiger partial charge in [-0.15, -0.1) is 0 Å². The summed E-state index contributed by atoms with van der Waals surface area (Å²) in [4.78, 5) is 4.34. The largest absolute Gasteiger partial charge is 0.330 e. The van der Waals surface area contributed by atoms with Crippen LogP contribution in [0, 0.1) is 0 Å². The molecule has 0 unspecified atom stereocenters. The molecule has 0 amide bonds. The molecule has 84 valence electrons. The molecule has 1 heterocycles. The minimum atomic E-state index is 0.569. The lowest BCUT2D eigenvalue weighted by Gasteiger charge is -2.02. The van der Waals surface area contributed by atoms with Crippen LogP contribution in [0.1, 0.15) is 18.3 Å². The zero-order valence-corrected chi connectivity index (χ0v) is 9.92. The fourth-order valence-electron chi connectivity index (χ4n) is 1.30. The van der Waals surface area contributed by atoms with E-state index in [0.717, 1.165) is 28.6 Å². The smallest absolute Gasteiger partial charge is 0.207 e. The predicted molar refractivity (Wildman–Crippen MR) is 66.9 cm³/mol. The van der Waals surface area contributed by atoms with Crippen molar-refractivity contribution >= 4 is 22.4 Å². The number of anilines is 2. The minimum absolute atomic E-state index is 0.569. The molecule has 1 aromatic carbocycles. The molecule has 0 aliphatic heterocycles. The monoisotopic (exact) mass is 234 g/mol. The highest BCUT2D eigenvalue weighted by Crippen LogP contribution is 2.18. The lowest BCUT2D eigenvalue weighted by atomic mass is 10.2. The maximum Gasteiger partial charge on any atom is 0.207 e. The molecular weight excluding hydrogens is 220 g/mol. The Morgan fingerprint density at radius 1 is 1.31 bits per heavy atom. The number of aromatic nitrogens is 2. The Hall–Kier alpha value is -1.46. The van der Waals surface area contributed by atoms with Gasteiger partial charge in [0.2, 0.25) is 5.13 Å². The molecule has 4 nitrogen and oxygen atoms in total. The van der Waals surface area contributed by atoms with Crippen molar-refractivity contribution in [3.63, 3.8) is 0 Å². The van der Waals surface area contributed by atoms with Crippen LogP contribution in [0.2, 0.25) is 0 Å². The maximum atomic E-state index is 5.53. The number of hydrogen-bond acceptors (Lipinski definition) is 5. The van der Waals surface area contributed by atoms with Crippen molar-refractivity contribution in [3.8, 4) is 0 Å². The summed E-state index contributed by atoms with van der Waals surface area (Å²) in [6, 6.07) is 8.00. The predicted octanol–water partition coefficient (Wildman–Crippen LogP) is 2.30. The Morgan fingerprint density at radius 3 is 2.62 bits per heavy atom. The van der Waals surface area contributed by atoms with Crippen LogP contribution in [0.15, 0.2) is 24.3 Å². The number of hydrogen-bond donors (Lipinski definition) is 2. The summed E-state index contributed by atoms with van der Waals surface area (Å²) < 4.78 is 4.21. The molecule has 0 bridgehead atoms. The Labute approximate surface area is 98.7 Å². The van der Waals surface area contributed by atoms with Crippen molar-refractivity contribution in [2.75, 3.05) is 5.32 Å². The fraction of sp³-hybridized carbons (Fsp3) is 0.273. The highest BCUT2D eigenvalue weighted by molar-refractivity contribution is 7.09. The third-order valence-corrected chi connectivity index (χ3v) is 2.89. The second-order valence-corrected chi connectivity index (χ2v) is 4.15. The van der Waals surface area contributed by atoms with Crippen molar-refractivity contribution in [3.05, 3.63) is 35.7 Å².